The molecule has 0 unspecified atom stereocenters. The van der Waals surface area contributed by atoms with E-state index in [2.05, 4.69) is 17.1 Å². The molecular formula is C19H12ClNO2S. The Bertz CT molecular complexity index is 1050. The van der Waals surface area contributed by atoms with Crippen LogP contribution < -0.4 is 0 Å². The summed E-state index contributed by atoms with van der Waals surface area (Å²) >= 11 is 7.90. The van der Waals surface area contributed by atoms with Gasteiger partial charge < -0.3 is 10.1 Å². The van der Waals surface area contributed by atoms with Crippen molar-refractivity contribution in [3.8, 4) is 21.8 Å². The van der Waals surface area contributed by atoms with Crippen LogP contribution in [0.4, 0.5) is 0 Å². The fraction of sp³-hybridized carbons (Fsp3) is 0. The third kappa shape index (κ3) is 2.60. The van der Waals surface area contributed by atoms with Crippen molar-refractivity contribution in [3.63, 3.8) is 0 Å². The summed E-state index contributed by atoms with van der Waals surface area (Å²) in [6, 6.07) is 18.9. The van der Waals surface area contributed by atoms with E-state index in [1.165, 1.54) is 0 Å². The maximum absolute atomic E-state index is 10.9. The molecule has 0 bridgehead atoms. The first kappa shape index (κ1) is 15.0. The second kappa shape index (κ2) is 5.82. The van der Waals surface area contributed by atoms with Crippen LogP contribution in [0.3, 0.4) is 0 Å². The third-order valence-corrected chi connectivity index (χ3v) is 5.53. The highest BCUT2D eigenvalue weighted by Gasteiger charge is 2.10. The van der Waals surface area contributed by atoms with E-state index >= 15 is 0 Å². The zero-order valence-electron chi connectivity index (χ0n) is 12.4. The zero-order valence-corrected chi connectivity index (χ0v) is 14.0. The van der Waals surface area contributed by atoms with Crippen molar-refractivity contribution >= 4 is 39.0 Å². The van der Waals surface area contributed by atoms with Gasteiger partial charge in [0.1, 0.15) is 0 Å². The number of aromatic carboxylic acids is 1. The lowest BCUT2D eigenvalue weighted by Gasteiger charge is -1.99. The van der Waals surface area contributed by atoms with Gasteiger partial charge in [0.05, 0.1) is 25.9 Å². The van der Waals surface area contributed by atoms with Gasteiger partial charge in [-0.1, -0.05) is 35.9 Å². The summed E-state index contributed by atoms with van der Waals surface area (Å²) < 4.78 is 1.08. The van der Waals surface area contributed by atoms with E-state index in [0.29, 0.717) is 0 Å². The van der Waals surface area contributed by atoms with Gasteiger partial charge in [0.2, 0.25) is 0 Å². The van der Waals surface area contributed by atoms with Crippen LogP contribution in [0.1, 0.15) is 10.4 Å². The van der Waals surface area contributed by atoms with Crippen molar-refractivity contribution in [2.45, 2.75) is 0 Å². The molecule has 0 aliphatic heterocycles. The molecule has 2 aromatic carbocycles. The van der Waals surface area contributed by atoms with Gasteiger partial charge in [-0.05, 0) is 47.3 Å². The average molecular weight is 354 g/mol. The van der Waals surface area contributed by atoms with Crippen molar-refractivity contribution in [1.29, 1.82) is 0 Å². The Morgan fingerprint density at radius 1 is 1.00 bits per heavy atom. The number of hydrogen-bond donors (Lipinski definition) is 2. The van der Waals surface area contributed by atoms with Gasteiger partial charge in [0, 0.05) is 5.69 Å². The fourth-order valence-electron chi connectivity index (χ4n) is 2.66. The minimum Gasteiger partial charge on any atom is -0.478 e. The summed E-state index contributed by atoms with van der Waals surface area (Å²) in [6.45, 7) is 0. The van der Waals surface area contributed by atoms with Crippen LogP contribution in [-0.2, 0) is 0 Å². The average Bonchev–Trinajstić information content (AvgIpc) is 3.22. The highest BCUT2D eigenvalue weighted by Crippen LogP contribution is 2.37. The number of aromatic nitrogens is 1. The molecule has 0 saturated carbocycles. The van der Waals surface area contributed by atoms with Gasteiger partial charge in [0.15, 0.2) is 0 Å². The number of benzene rings is 2. The molecule has 0 atom stereocenters. The predicted molar refractivity (Wildman–Crippen MR) is 99.0 cm³/mol. The quantitative estimate of drug-likeness (QED) is 0.480. The van der Waals surface area contributed by atoms with Gasteiger partial charge in [-0.15, -0.1) is 11.3 Å². The summed E-state index contributed by atoms with van der Waals surface area (Å²) in [7, 11) is 0. The van der Waals surface area contributed by atoms with Gasteiger partial charge in [-0.25, -0.2) is 4.79 Å². The van der Waals surface area contributed by atoms with E-state index in [1.807, 2.05) is 24.3 Å². The molecule has 2 N–H and O–H groups in total. The lowest BCUT2D eigenvalue weighted by atomic mass is 10.1. The number of thiophene rings is 1. The molecule has 0 amide bonds. The van der Waals surface area contributed by atoms with E-state index < -0.39 is 5.97 Å². The summed E-state index contributed by atoms with van der Waals surface area (Å²) in [5.74, 6) is -0.920. The molecule has 3 nitrogen and oxygen atoms in total. The zero-order chi connectivity index (χ0) is 16.7. The van der Waals surface area contributed by atoms with Crippen LogP contribution in [-0.4, -0.2) is 16.1 Å². The topological polar surface area (TPSA) is 53.1 Å². The molecule has 2 heterocycles. The van der Waals surface area contributed by atoms with Crippen molar-refractivity contribution in [2.75, 3.05) is 0 Å². The van der Waals surface area contributed by atoms with E-state index in [1.54, 1.807) is 35.6 Å². The Labute approximate surface area is 147 Å². The Morgan fingerprint density at radius 3 is 2.46 bits per heavy atom. The van der Waals surface area contributed by atoms with Crippen molar-refractivity contribution in [2.24, 2.45) is 0 Å². The number of fused-ring (bicyclic) bond motifs is 1. The van der Waals surface area contributed by atoms with E-state index in [4.69, 9.17) is 16.7 Å². The Morgan fingerprint density at radius 2 is 1.75 bits per heavy atom. The molecule has 0 aliphatic carbocycles. The number of aromatic amines is 1. The predicted octanol–water partition coefficient (Wildman–Crippen LogP) is 5.92. The summed E-state index contributed by atoms with van der Waals surface area (Å²) in [5.41, 5.74) is 3.20. The molecule has 0 saturated heterocycles. The van der Waals surface area contributed by atoms with E-state index in [0.717, 1.165) is 36.9 Å². The molecular weight excluding hydrogens is 342 g/mol. The number of halogens is 1. The van der Waals surface area contributed by atoms with Crippen LogP contribution in [0.5, 0.6) is 0 Å². The fourth-order valence-corrected chi connectivity index (χ4v) is 4.00. The summed E-state index contributed by atoms with van der Waals surface area (Å²) in [4.78, 5) is 15.4. The normalized spacial score (nSPS) is 11.0. The minimum atomic E-state index is -0.920. The maximum atomic E-state index is 10.9. The van der Waals surface area contributed by atoms with Gasteiger partial charge in [0.25, 0.3) is 0 Å². The Hall–Kier alpha value is -2.56. The van der Waals surface area contributed by atoms with E-state index in [9.17, 15) is 4.79 Å². The minimum absolute atomic E-state index is 0.282. The third-order valence-electron chi connectivity index (χ3n) is 3.89. The number of rotatable bonds is 3. The molecule has 5 heteroatoms. The van der Waals surface area contributed by atoms with Crippen LogP contribution in [0, 0.1) is 0 Å². The van der Waals surface area contributed by atoms with Crippen LogP contribution >= 0.6 is 22.9 Å². The van der Waals surface area contributed by atoms with E-state index in [-0.39, 0.29) is 5.56 Å². The molecule has 118 valence electrons. The van der Waals surface area contributed by atoms with Crippen molar-refractivity contribution in [1.82, 2.24) is 4.98 Å². The highest BCUT2D eigenvalue weighted by atomic mass is 35.5. The largest absolute Gasteiger partial charge is 0.478 e. The Kier molecular flexibility index (Phi) is 3.63. The number of nitrogens with one attached hydrogen (secondary N) is 1. The molecule has 0 aliphatic rings. The van der Waals surface area contributed by atoms with Gasteiger partial charge in [-0.3, -0.25) is 0 Å². The SMILES string of the molecule is O=C(O)c1ccc(-c2ccc(-c3cc4cccc(Cl)c4s3)[nH]2)cc1. The first-order valence-electron chi connectivity index (χ1n) is 7.33. The number of carbonyl (C=O) groups is 1. The molecule has 4 aromatic rings. The number of H-pyrrole nitrogens is 1. The standard InChI is InChI=1S/C19H12ClNO2S/c20-14-3-1-2-13-10-17(24-18(13)14)16-9-8-15(21-16)11-4-6-12(7-5-11)19(22)23/h1-10,21H,(H,22,23). The van der Waals surface area contributed by atoms with Gasteiger partial charge >= 0.3 is 5.97 Å². The van der Waals surface area contributed by atoms with Crippen LogP contribution in [0.15, 0.2) is 60.7 Å². The first-order valence-corrected chi connectivity index (χ1v) is 8.52. The highest BCUT2D eigenvalue weighted by molar-refractivity contribution is 7.22. The lowest BCUT2D eigenvalue weighted by Crippen LogP contribution is -1.94. The Balaban J connectivity index is 1.71. The summed E-state index contributed by atoms with van der Waals surface area (Å²) in [5, 5.41) is 10.9. The first-order chi connectivity index (χ1) is 11.6. The van der Waals surface area contributed by atoms with Gasteiger partial charge in [-0.2, -0.15) is 0 Å². The maximum Gasteiger partial charge on any atom is 0.335 e. The lowest BCUT2D eigenvalue weighted by molar-refractivity contribution is 0.0697. The second-order valence-electron chi connectivity index (χ2n) is 5.44. The molecule has 0 fully saturated rings. The molecule has 2 aromatic heterocycles. The smallest absolute Gasteiger partial charge is 0.335 e. The number of carboxylic acids is 1. The van der Waals surface area contributed by atoms with Crippen molar-refractivity contribution in [3.05, 3.63) is 71.2 Å². The van der Waals surface area contributed by atoms with Crippen LogP contribution in [0.25, 0.3) is 31.9 Å². The molecule has 24 heavy (non-hydrogen) atoms. The molecule has 0 spiro atoms. The second-order valence-corrected chi connectivity index (χ2v) is 6.90. The summed E-state index contributed by atoms with van der Waals surface area (Å²) in [6.07, 6.45) is 0. The number of hydrogen-bond acceptors (Lipinski definition) is 2. The molecule has 4 rings (SSSR count). The monoisotopic (exact) mass is 353 g/mol. The number of carboxylic acid groups (broad SMARTS) is 1. The van der Waals surface area contributed by atoms with Crippen molar-refractivity contribution < 1.29 is 9.90 Å². The van der Waals surface area contributed by atoms with Crippen LogP contribution in [0.2, 0.25) is 5.02 Å². The molecule has 0 radical (unpaired) electrons.